The van der Waals surface area contributed by atoms with Crippen LogP contribution in [-0.2, 0) is 17.3 Å². The van der Waals surface area contributed by atoms with Gasteiger partial charge in [0.05, 0.1) is 41.0 Å². The smallest absolute Gasteiger partial charge is 0.418 e. The van der Waals surface area contributed by atoms with Gasteiger partial charge >= 0.3 is 12.2 Å². The SMILES string of the molecule is Fc1c(Cl)nc2c3c(nc(OC[C@@]45CCCN4[C@H](COc4cc(C(F)(F)F)cnn4)CC5)nc13)N1CCCOC[C@@H]1CC2. The number of fused-ring (bicyclic) bond motifs is 3. The minimum Gasteiger partial charge on any atom is -0.475 e. The van der Waals surface area contributed by atoms with Crippen LogP contribution < -0.4 is 14.4 Å². The molecule has 0 saturated carbocycles. The van der Waals surface area contributed by atoms with Gasteiger partial charge in [-0.15, -0.1) is 5.10 Å². The second-order valence-electron chi connectivity index (χ2n) is 11.6. The summed E-state index contributed by atoms with van der Waals surface area (Å²) in [6.07, 6.45) is 1.70. The molecule has 0 spiro atoms. The highest BCUT2D eigenvalue weighted by molar-refractivity contribution is 6.30. The van der Waals surface area contributed by atoms with Gasteiger partial charge in [-0.05, 0) is 51.5 Å². The monoisotopic (exact) mass is 623 g/mol. The maximum absolute atomic E-state index is 15.4. The van der Waals surface area contributed by atoms with Crippen molar-refractivity contribution in [2.45, 2.75) is 68.7 Å². The van der Waals surface area contributed by atoms with Crippen LogP contribution in [0.4, 0.5) is 23.4 Å². The predicted molar refractivity (Wildman–Crippen MR) is 147 cm³/mol. The molecule has 4 aliphatic rings. The van der Waals surface area contributed by atoms with Crippen molar-refractivity contribution in [1.82, 2.24) is 30.0 Å². The van der Waals surface area contributed by atoms with Crippen molar-refractivity contribution in [1.29, 1.82) is 0 Å². The molecule has 0 unspecified atom stereocenters. The van der Waals surface area contributed by atoms with Crippen molar-refractivity contribution in [3.05, 3.63) is 34.5 Å². The standard InChI is InChI=1S/C28H30ClF4N7O3/c29-24-22(30)23-21-19(35-24)4-3-17-13-41-10-2-8-39(17)25(21)37-26(36-23)43-15-27-6-1-9-40(27)18(5-7-27)14-42-20-11-16(12-34-38-20)28(31,32)33/h11-12,17-18H,1-10,13-15H2/t17-,18-,27-/m0/s1. The number of alkyl halides is 3. The average molecular weight is 624 g/mol. The Balaban J connectivity index is 1.12. The number of pyridine rings is 1. The number of nitrogens with zero attached hydrogens (tertiary/aromatic N) is 7. The first-order chi connectivity index (χ1) is 20.7. The molecule has 10 nitrogen and oxygen atoms in total. The van der Waals surface area contributed by atoms with Crippen LogP contribution in [0, 0.1) is 5.82 Å². The normalized spacial score (nSPS) is 25.7. The van der Waals surface area contributed by atoms with Crippen LogP contribution in [0.15, 0.2) is 12.3 Å². The summed E-state index contributed by atoms with van der Waals surface area (Å²) in [5.74, 6) is -0.273. The Kier molecular flexibility index (Phi) is 7.41. The predicted octanol–water partition coefficient (Wildman–Crippen LogP) is 4.62. The quantitative estimate of drug-likeness (QED) is 0.286. The van der Waals surface area contributed by atoms with E-state index in [1.54, 1.807) is 0 Å². The van der Waals surface area contributed by atoms with Crippen LogP contribution >= 0.6 is 11.6 Å². The minimum atomic E-state index is -4.53. The Bertz CT molecular complexity index is 1530. The first-order valence-corrected chi connectivity index (χ1v) is 14.9. The van der Waals surface area contributed by atoms with E-state index in [1.807, 2.05) is 0 Å². The third-order valence-corrected chi connectivity index (χ3v) is 9.34. The van der Waals surface area contributed by atoms with E-state index in [4.69, 9.17) is 30.8 Å². The molecule has 7 rings (SSSR count). The molecule has 7 heterocycles. The van der Waals surface area contributed by atoms with Crippen molar-refractivity contribution in [3.8, 4) is 11.9 Å². The van der Waals surface area contributed by atoms with Crippen molar-refractivity contribution in [2.24, 2.45) is 0 Å². The third kappa shape index (κ3) is 5.31. The van der Waals surface area contributed by atoms with Gasteiger partial charge in [-0.25, -0.2) is 9.37 Å². The summed E-state index contributed by atoms with van der Waals surface area (Å²) in [5.41, 5.74) is -0.460. The summed E-state index contributed by atoms with van der Waals surface area (Å²) in [7, 11) is 0. The second-order valence-corrected chi connectivity index (χ2v) is 12.0. The first-order valence-electron chi connectivity index (χ1n) is 14.5. The van der Waals surface area contributed by atoms with Gasteiger partial charge in [-0.2, -0.15) is 28.2 Å². The molecule has 0 amide bonds. The Hall–Kier alpha value is -3.10. The molecule has 0 aromatic carbocycles. The van der Waals surface area contributed by atoms with Gasteiger partial charge in [0, 0.05) is 25.3 Å². The first kappa shape index (κ1) is 28.7. The van der Waals surface area contributed by atoms with Crippen LogP contribution in [0.2, 0.25) is 5.15 Å². The highest BCUT2D eigenvalue weighted by atomic mass is 35.5. The largest absolute Gasteiger partial charge is 0.475 e. The van der Waals surface area contributed by atoms with E-state index >= 15 is 4.39 Å². The van der Waals surface area contributed by atoms with Crippen molar-refractivity contribution in [2.75, 3.05) is 44.4 Å². The van der Waals surface area contributed by atoms with E-state index in [0.29, 0.717) is 49.3 Å². The molecule has 230 valence electrons. The van der Waals surface area contributed by atoms with E-state index in [2.05, 4.69) is 30.0 Å². The number of anilines is 1. The lowest BCUT2D eigenvalue weighted by Gasteiger charge is -2.34. The molecule has 0 radical (unpaired) electrons. The van der Waals surface area contributed by atoms with Crippen molar-refractivity contribution >= 4 is 28.3 Å². The molecule has 0 N–H and O–H groups in total. The number of halogens is 5. The molecular weight excluding hydrogens is 594 g/mol. The number of ether oxygens (including phenoxy) is 3. The molecule has 0 aliphatic carbocycles. The van der Waals surface area contributed by atoms with Crippen LogP contribution in [0.5, 0.6) is 11.9 Å². The van der Waals surface area contributed by atoms with E-state index in [-0.39, 0.29) is 53.4 Å². The zero-order valence-corrected chi connectivity index (χ0v) is 24.0. The Morgan fingerprint density at radius 2 is 1.98 bits per heavy atom. The summed E-state index contributed by atoms with van der Waals surface area (Å²) in [6.45, 7) is 3.14. The number of rotatable bonds is 6. The molecule has 4 aliphatic heterocycles. The van der Waals surface area contributed by atoms with Crippen LogP contribution in [0.25, 0.3) is 10.9 Å². The lowest BCUT2D eigenvalue weighted by atomic mass is 9.95. The van der Waals surface area contributed by atoms with E-state index in [9.17, 15) is 13.2 Å². The zero-order chi connectivity index (χ0) is 29.8. The third-order valence-electron chi connectivity index (χ3n) is 9.09. The molecule has 3 aromatic heterocycles. The molecule has 3 atom stereocenters. The summed E-state index contributed by atoms with van der Waals surface area (Å²) in [5, 5.41) is 7.49. The van der Waals surface area contributed by atoms with Gasteiger partial charge < -0.3 is 19.1 Å². The molecule has 3 saturated heterocycles. The van der Waals surface area contributed by atoms with Gasteiger partial charge in [0.15, 0.2) is 11.0 Å². The van der Waals surface area contributed by atoms with E-state index in [1.165, 1.54) is 0 Å². The molecule has 3 aromatic rings. The number of hydrogen-bond donors (Lipinski definition) is 0. The molecule has 3 fully saturated rings. The highest BCUT2D eigenvalue weighted by Crippen LogP contribution is 2.43. The Morgan fingerprint density at radius 3 is 2.84 bits per heavy atom. The average Bonchev–Trinajstić information content (AvgIpc) is 3.40. The fraction of sp³-hybridized carbons (Fsp3) is 0.607. The minimum absolute atomic E-state index is 0.0348. The summed E-state index contributed by atoms with van der Waals surface area (Å²) < 4.78 is 72.4. The summed E-state index contributed by atoms with van der Waals surface area (Å²) in [6, 6.07) is 0.958. The fourth-order valence-electron chi connectivity index (χ4n) is 7.02. The van der Waals surface area contributed by atoms with Gasteiger partial charge in [-0.1, -0.05) is 11.6 Å². The second kappa shape index (κ2) is 11.1. The van der Waals surface area contributed by atoms with Gasteiger partial charge in [0.2, 0.25) is 5.88 Å². The highest BCUT2D eigenvalue weighted by Gasteiger charge is 2.50. The lowest BCUT2D eigenvalue weighted by molar-refractivity contribution is -0.138. The summed E-state index contributed by atoms with van der Waals surface area (Å²) >= 11 is 6.20. The molecule has 15 heteroatoms. The van der Waals surface area contributed by atoms with E-state index in [0.717, 1.165) is 51.1 Å². The topological polar surface area (TPSA) is 98.6 Å². The van der Waals surface area contributed by atoms with Gasteiger partial charge in [-0.3, -0.25) is 4.90 Å². The fourth-order valence-corrected chi connectivity index (χ4v) is 7.21. The molecule has 0 bridgehead atoms. The lowest BCUT2D eigenvalue weighted by Crippen LogP contribution is -2.48. The van der Waals surface area contributed by atoms with Crippen LogP contribution in [-0.4, -0.2) is 87.2 Å². The zero-order valence-electron chi connectivity index (χ0n) is 23.2. The Labute approximate surface area is 249 Å². The molecular formula is C28H30ClF4N7O3. The number of hydrogen-bond acceptors (Lipinski definition) is 10. The number of aryl methyl sites for hydroxylation is 1. The van der Waals surface area contributed by atoms with Gasteiger partial charge in [0.25, 0.3) is 0 Å². The number of aromatic nitrogens is 5. The Morgan fingerprint density at radius 1 is 1.09 bits per heavy atom. The maximum atomic E-state index is 15.4. The van der Waals surface area contributed by atoms with Gasteiger partial charge in [0.1, 0.15) is 24.5 Å². The van der Waals surface area contributed by atoms with Crippen molar-refractivity contribution < 1.29 is 31.8 Å². The van der Waals surface area contributed by atoms with E-state index < -0.39 is 17.6 Å². The van der Waals surface area contributed by atoms with Crippen LogP contribution in [0.3, 0.4) is 0 Å². The van der Waals surface area contributed by atoms with Crippen LogP contribution in [0.1, 0.15) is 49.8 Å². The summed E-state index contributed by atoms with van der Waals surface area (Å²) in [4.78, 5) is 18.1. The van der Waals surface area contributed by atoms with Crippen molar-refractivity contribution in [3.63, 3.8) is 0 Å². The molecule has 43 heavy (non-hydrogen) atoms. The maximum Gasteiger partial charge on any atom is 0.418 e.